The number of fused-ring (bicyclic) bond motifs is 1. The van der Waals surface area contributed by atoms with E-state index in [-0.39, 0.29) is 17.7 Å². The molecule has 1 saturated heterocycles. The molecule has 26 heavy (non-hydrogen) atoms. The number of carbonyl (C=O) groups excluding carboxylic acids is 2. The number of likely N-dealkylation sites (tertiary alicyclic amines) is 1. The van der Waals surface area contributed by atoms with Crippen molar-refractivity contribution in [2.24, 2.45) is 5.92 Å². The Morgan fingerprint density at radius 1 is 1.08 bits per heavy atom. The summed E-state index contributed by atoms with van der Waals surface area (Å²) in [5.74, 6) is -0.158. The van der Waals surface area contributed by atoms with Crippen LogP contribution < -0.4 is 5.32 Å². The molecule has 3 rings (SSSR count). The van der Waals surface area contributed by atoms with Gasteiger partial charge in [0.15, 0.2) is 0 Å². The number of hydrogen-bond donors (Lipinski definition) is 1. The number of benzene rings is 1. The minimum atomic E-state index is -0.124. The van der Waals surface area contributed by atoms with Crippen LogP contribution >= 0.6 is 0 Å². The van der Waals surface area contributed by atoms with Crippen molar-refractivity contribution < 1.29 is 9.59 Å². The number of anilines is 1. The van der Waals surface area contributed by atoms with Gasteiger partial charge >= 0.3 is 0 Å². The first-order valence-electron chi connectivity index (χ1n) is 9.47. The molecule has 1 N–H and O–H groups in total. The van der Waals surface area contributed by atoms with E-state index in [1.807, 2.05) is 43.9 Å². The van der Waals surface area contributed by atoms with Crippen LogP contribution in [0.25, 0.3) is 10.9 Å². The Labute approximate surface area is 154 Å². The van der Waals surface area contributed by atoms with Gasteiger partial charge in [0.25, 0.3) is 5.91 Å². The molecule has 0 atom stereocenters. The summed E-state index contributed by atoms with van der Waals surface area (Å²) in [5, 5.41) is 3.75. The van der Waals surface area contributed by atoms with Crippen LogP contribution in [0.1, 0.15) is 55.6 Å². The van der Waals surface area contributed by atoms with E-state index in [2.05, 4.69) is 10.3 Å². The maximum absolute atomic E-state index is 13.2. The third kappa shape index (κ3) is 4.03. The second-order valence-electron chi connectivity index (χ2n) is 7.39. The number of aryl methyl sites for hydroxylation is 1. The Bertz CT molecular complexity index is 821. The number of rotatable bonds is 3. The van der Waals surface area contributed by atoms with E-state index in [1.54, 1.807) is 6.07 Å². The number of aromatic nitrogens is 1. The zero-order chi connectivity index (χ0) is 18.7. The molecule has 1 aliphatic heterocycles. The highest BCUT2D eigenvalue weighted by molar-refractivity contribution is 6.08. The molecule has 0 unspecified atom stereocenters. The van der Waals surface area contributed by atoms with Gasteiger partial charge in [-0.1, -0.05) is 32.8 Å². The fraction of sp³-hybridized carbons (Fsp3) is 0.476. The molecule has 2 amide bonds. The fourth-order valence-electron chi connectivity index (χ4n) is 3.32. The molecular formula is C21H27N3O2. The van der Waals surface area contributed by atoms with Gasteiger partial charge in [-0.05, 0) is 38.0 Å². The molecule has 1 aromatic heterocycles. The second kappa shape index (κ2) is 7.85. The van der Waals surface area contributed by atoms with Gasteiger partial charge in [0.05, 0.1) is 11.1 Å². The van der Waals surface area contributed by atoms with E-state index in [1.165, 1.54) is 12.8 Å². The number of carbonyl (C=O) groups is 2. The Morgan fingerprint density at radius 2 is 1.77 bits per heavy atom. The first-order valence-corrected chi connectivity index (χ1v) is 9.47. The van der Waals surface area contributed by atoms with Crippen molar-refractivity contribution in [1.29, 1.82) is 0 Å². The van der Waals surface area contributed by atoms with Crippen LogP contribution in [0.3, 0.4) is 0 Å². The number of amides is 2. The van der Waals surface area contributed by atoms with E-state index in [0.717, 1.165) is 42.5 Å². The third-order valence-electron chi connectivity index (χ3n) is 4.86. The predicted molar refractivity (Wildman–Crippen MR) is 104 cm³/mol. The highest BCUT2D eigenvalue weighted by Gasteiger charge is 2.21. The first kappa shape index (κ1) is 18.4. The van der Waals surface area contributed by atoms with Crippen LogP contribution in [0.5, 0.6) is 0 Å². The van der Waals surface area contributed by atoms with Crippen molar-refractivity contribution in [2.45, 2.75) is 46.5 Å². The fourth-order valence-corrected chi connectivity index (χ4v) is 3.32. The number of nitrogens with one attached hydrogen (secondary N) is 1. The van der Waals surface area contributed by atoms with E-state index >= 15 is 0 Å². The lowest BCUT2D eigenvalue weighted by molar-refractivity contribution is -0.118. The van der Waals surface area contributed by atoms with E-state index in [9.17, 15) is 9.59 Å². The average molecular weight is 353 g/mol. The predicted octanol–water partition coefficient (Wildman–Crippen LogP) is 4.15. The summed E-state index contributed by atoms with van der Waals surface area (Å²) in [7, 11) is 0. The van der Waals surface area contributed by atoms with Gasteiger partial charge in [0.1, 0.15) is 0 Å². The topological polar surface area (TPSA) is 62.3 Å². The average Bonchev–Trinajstić information content (AvgIpc) is 2.89. The van der Waals surface area contributed by atoms with Crippen LogP contribution in [0.2, 0.25) is 0 Å². The molecule has 0 aliphatic carbocycles. The molecule has 5 heteroatoms. The van der Waals surface area contributed by atoms with Crippen molar-refractivity contribution in [3.8, 4) is 0 Å². The molecule has 1 fully saturated rings. The van der Waals surface area contributed by atoms with Crippen molar-refractivity contribution in [1.82, 2.24) is 9.88 Å². The summed E-state index contributed by atoms with van der Waals surface area (Å²) in [6.45, 7) is 7.21. The molecule has 0 saturated carbocycles. The molecule has 0 bridgehead atoms. The zero-order valence-electron chi connectivity index (χ0n) is 15.8. The second-order valence-corrected chi connectivity index (χ2v) is 7.39. The Hall–Kier alpha value is -2.43. The quantitative estimate of drug-likeness (QED) is 0.901. The molecule has 5 nitrogen and oxygen atoms in total. The maximum Gasteiger partial charge on any atom is 0.254 e. The summed E-state index contributed by atoms with van der Waals surface area (Å²) in [5.41, 5.74) is 2.88. The number of hydrogen-bond acceptors (Lipinski definition) is 3. The zero-order valence-corrected chi connectivity index (χ0v) is 15.8. The van der Waals surface area contributed by atoms with Gasteiger partial charge in [-0.25, -0.2) is 0 Å². The summed E-state index contributed by atoms with van der Waals surface area (Å²) >= 11 is 0. The van der Waals surface area contributed by atoms with Crippen LogP contribution in [0.4, 0.5) is 5.69 Å². The van der Waals surface area contributed by atoms with Gasteiger partial charge < -0.3 is 10.2 Å². The number of pyridine rings is 1. The molecule has 1 aromatic carbocycles. The van der Waals surface area contributed by atoms with Crippen LogP contribution in [0, 0.1) is 12.8 Å². The maximum atomic E-state index is 13.2. The molecule has 138 valence electrons. The summed E-state index contributed by atoms with van der Waals surface area (Å²) in [6.07, 6.45) is 4.45. The molecular weight excluding hydrogens is 326 g/mol. The van der Waals surface area contributed by atoms with Crippen molar-refractivity contribution in [3.05, 3.63) is 35.5 Å². The van der Waals surface area contributed by atoms with E-state index in [4.69, 9.17) is 0 Å². The van der Waals surface area contributed by atoms with E-state index < -0.39 is 0 Å². The van der Waals surface area contributed by atoms with Crippen LogP contribution in [-0.4, -0.2) is 34.8 Å². The van der Waals surface area contributed by atoms with Crippen LogP contribution in [-0.2, 0) is 4.79 Å². The molecule has 0 radical (unpaired) electrons. The van der Waals surface area contributed by atoms with E-state index in [0.29, 0.717) is 11.3 Å². The normalized spacial score (nSPS) is 15.2. The summed E-state index contributed by atoms with van der Waals surface area (Å²) < 4.78 is 0. The highest BCUT2D eigenvalue weighted by atomic mass is 16.2. The number of nitrogens with zero attached hydrogens (tertiary/aromatic N) is 2. The smallest absolute Gasteiger partial charge is 0.254 e. The van der Waals surface area contributed by atoms with Crippen molar-refractivity contribution in [2.75, 3.05) is 18.4 Å². The molecule has 2 aromatic rings. The van der Waals surface area contributed by atoms with Gasteiger partial charge in [0.2, 0.25) is 5.91 Å². The third-order valence-corrected chi connectivity index (χ3v) is 4.86. The van der Waals surface area contributed by atoms with Crippen LogP contribution in [0.15, 0.2) is 24.3 Å². The lowest BCUT2D eigenvalue weighted by Crippen LogP contribution is -2.32. The first-order chi connectivity index (χ1) is 12.5. The summed E-state index contributed by atoms with van der Waals surface area (Å²) in [4.78, 5) is 31.8. The lowest BCUT2D eigenvalue weighted by Gasteiger charge is -2.22. The van der Waals surface area contributed by atoms with Gasteiger partial charge in [-0.15, -0.1) is 0 Å². The summed E-state index contributed by atoms with van der Waals surface area (Å²) in [6, 6.07) is 7.53. The minimum absolute atomic E-state index is 0.0307. The highest BCUT2D eigenvalue weighted by Crippen LogP contribution is 2.26. The molecule has 2 heterocycles. The Kier molecular flexibility index (Phi) is 5.55. The molecule has 1 aliphatic rings. The monoisotopic (exact) mass is 353 g/mol. The SMILES string of the molecule is Cc1ccc2c(C(=O)N3CCCCCC3)cc(NC(=O)C(C)C)cc2n1. The van der Waals surface area contributed by atoms with Gasteiger partial charge in [-0.3, -0.25) is 14.6 Å². The Morgan fingerprint density at radius 3 is 2.42 bits per heavy atom. The lowest BCUT2D eigenvalue weighted by atomic mass is 10.0. The standard InChI is InChI=1S/C21H27N3O2/c1-14(2)20(25)23-16-12-18(17-9-8-15(3)22-19(17)13-16)21(26)24-10-6-4-5-7-11-24/h8-9,12-14H,4-7,10-11H2,1-3H3,(H,23,25). The van der Waals surface area contributed by atoms with Crippen molar-refractivity contribution in [3.63, 3.8) is 0 Å². The molecule has 0 spiro atoms. The minimum Gasteiger partial charge on any atom is -0.339 e. The van der Waals surface area contributed by atoms with Gasteiger partial charge in [-0.2, -0.15) is 0 Å². The largest absolute Gasteiger partial charge is 0.339 e. The van der Waals surface area contributed by atoms with Gasteiger partial charge in [0, 0.05) is 35.8 Å². The van der Waals surface area contributed by atoms with Crippen molar-refractivity contribution >= 4 is 28.4 Å². The Balaban J connectivity index is 2.03.